The first kappa shape index (κ1) is 31.1. The second-order valence-electron chi connectivity index (χ2n) is 17.8. The molecule has 4 N–H and O–H groups in total. The van der Waals surface area contributed by atoms with Crippen LogP contribution in [0.3, 0.4) is 0 Å². The van der Waals surface area contributed by atoms with Crippen LogP contribution in [0.5, 0.6) is 0 Å². The number of aliphatic hydroxyl groups is 2. The zero-order valence-corrected chi connectivity index (χ0v) is 28.5. The maximum absolute atomic E-state index is 11.0. The number of fused-ring (bicyclic) bond motifs is 10. The summed E-state index contributed by atoms with van der Waals surface area (Å²) in [5.74, 6) is 3.27. The van der Waals surface area contributed by atoms with Crippen molar-refractivity contribution in [3.05, 3.63) is 12.2 Å². The molecule has 7 unspecified atom stereocenters. The first-order valence-electron chi connectivity index (χ1n) is 17.4. The molecule has 0 aromatic carbocycles. The molecule has 13 atom stereocenters. The van der Waals surface area contributed by atoms with Gasteiger partial charge in [-0.1, -0.05) is 41.2 Å². The summed E-state index contributed by atoms with van der Waals surface area (Å²) in [6, 6.07) is 1.48. The lowest BCUT2D eigenvalue weighted by molar-refractivity contribution is -0.931. The molecule has 234 valence electrons. The van der Waals surface area contributed by atoms with Crippen LogP contribution in [0.25, 0.3) is 0 Å². The van der Waals surface area contributed by atoms with Gasteiger partial charge in [-0.3, -0.25) is 0 Å². The monoisotopic (exact) mass is 632 g/mol. The van der Waals surface area contributed by atoms with E-state index in [1.807, 2.05) is 0 Å². The van der Waals surface area contributed by atoms with Gasteiger partial charge in [0.25, 0.3) is 0 Å². The fourth-order valence-electron chi connectivity index (χ4n) is 14.0. The largest absolute Gasteiger partial charge is 1.00 e. The standard InChI is InChI=1S/C36H60N2O2.BrH/c1-23(20-38-21-24-7-8-25(38)19-37-24)26-11-16-36(22-39)18-17-34(5)27(31(26)36)9-10-29-33(4)14-13-30(40)32(2,3)28(33)12-15-35(29,34)6;/h24-31,37,39-40H,1,7-22H2,2-6H3;1H/t24?,25?,26-,27?,28?,29?,30-,31?,33-,34+,35+,36+;/m0./s1. The molecule has 0 spiro atoms. The molecule has 5 heteroatoms. The fourth-order valence-corrected chi connectivity index (χ4v) is 14.0. The van der Waals surface area contributed by atoms with Gasteiger partial charge < -0.3 is 37.4 Å². The highest BCUT2D eigenvalue weighted by Crippen LogP contribution is 2.77. The maximum atomic E-state index is 11.0. The molecule has 0 radical (unpaired) electrons. The highest BCUT2D eigenvalue weighted by Gasteiger charge is 2.70. The van der Waals surface area contributed by atoms with Crippen molar-refractivity contribution in [2.24, 2.45) is 56.7 Å². The molecule has 8 rings (SSSR count). The van der Waals surface area contributed by atoms with Gasteiger partial charge >= 0.3 is 0 Å². The number of piperidine rings is 2. The van der Waals surface area contributed by atoms with Crippen molar-refractivity contribution in [2.45, 2.75) is 130 Å². The van der Waals surface area contributed by atoms with Crippen LogP contribution in [0.15, 0.2) is 12.2 Å². The molecule has 2 bridgehead atoms. The Morgan fingerprint density at radius 3 is 2.29 bits per heavy atom. The molecule has 4 nitrogen and oxygen atoms in total. The lowest BCUT2D eigenvalue weighted by Gasteiger charge is -2.73. The normalized spacial score (nSPS) is 55.1. The predicted molar refractivity (Wildman–Crippen MR) is 162 cm³/mol. The summed E-state index contributed by atoms with van der Waals surface area (Å²) in [7, 11) is 0. The number of hydrogen-bond acceptors (Lipinski definition) is 3. The van der Waals surface area contributed by atoms with Crippen molar-refractivity contribution >= 4 is 0 Å². The molecular weight excluding hydrogens is 572 g/mol. The Bertz CT molecular complexity index is 1030. The third-order valence-electron chi connectivity index (χ3n) is 16.5. The molecular formula is C36H61BrN2O2. The van der Waals surface area contributed by atoms with Gasteiger partial charge in [0.05, 0.1) is 25.2 Å². The van der Waals surface area contributed by atoms with Crippen LogP contribution >= 0.6 is 0 Å². The summed E-state index contributed by atoms with van der Waals surface area (Å²) in [6.07, 6.45) is 15.0. The Morgan fingerprint density at radius 2 is 1.63 bits per heavy atom. The zero-order chi connectivity index (χ0) is 28.3. The van der Waals surface area contributed by atoms with E-state index in [2.05, 4.69) is 39.9 Å². The predicted octanol–water partition coefficient (Wildman–Crippen LogP) is 2.00. The van der Waals surface area contributed by atoms with Gasteiger partial charge in [-0.15, -0.1) is 0 Å². The molecule has 5 aliphatic carbocycles. The summed E-state index contributed by atoms with van der Waals surface area (Å²) in [6.45, 7) is 21.7. The molecule has 8 aliphatic rings. The average Bonchev–Trinajstić information content (AvgIpc) is 3.32. The van der Waals surface area contributed by atoms with Crippen LogP contribution in [0.1, 0.15) is 112 Å². The van der Waals surface area contributed by atoms with Crippen molar-refractivity contribution in [1.29, 1.82) is 0 Å². The van der Waals surface area contributed by atoms with Crippen molar-refractivity contribution in [3.63, 3.8) is 0 Å². The van der Waals surface area contributed by atoms with Gasteiger partial charge in [0.1, 0.15) is 6.04 Å². The first-order chi connectivity index (χ1) is 18.9. The van der Waals surface area contributed by atoms with E-state index in [1.165, 1.54) is 89.3 Å². The Balaban J connectivity index is 0.00000302. The van der Waals surface area contributed by atoms with Crippen LogP contribution in [0, 0.1) is 56.7 Å². The van der Waals surface area contributed by atoms with Gasteiger partial charge in [-0.2, -0.15) is 0 Å². The smallest absolute Gasteiger partial charge is 0.100 e. The summed E-state index contributed by atoms with van der Waals surface area (Å²) in [5.41, 5.74) is 2.68. The van der Waals surface area contributed by atoms with E-state index in [9.17, 15) is 10.2 Å². The van der Waals surface area contributed by atoms with E-state index < -0.39 is 0 Å². The molecule has 3 saturated heterocycles. The van der Waals surface area contributed by atoms with Crippen molar-refractivity contribution in [3.8, 4) is 0 Å². The van der Waals surface area contributed by atoms with Gasteiger partial charge in [0.2, 0.25) is 0 Å². The number of halogens is 1. The number of hydrogen-bond donors (Lipinski definition) is 4. The lowest BCUT2D eigenvalue weighted by atomic mass is 9.32. The summed E-state index contributed by atoms with van der Waals surface area (Å²) in [4.78, 5) is 1.80. The zero-order valence-electron chi connectivity index (χ0n) is 26.9. The molecule has 3 heterocycles. The highest BCUT2D eigenvalue weighted by atomic mass is 79.9. The molecule has 41 heavy (non-hydrogen) atoms. The minimum absolute atomic E-state index is 0. The molecule has 3 aliphatic heterocycles. The van der Waals surface area contributed by atoms with E-state index in [0.717, 1.165) is 24.9 Å². The summed E-state index contributed by atoms with van der Waals surface area (Å²) < 4.78 is 0. The molecule has 0 aromatic rings. The van der Waals surface area contributed by atoms with Gasteiger partial charge in [-0.25, -0.2) is 0 Å². The first-order valence-corrected chi connectivity index (χ1v) is 17.4. The topological polar surface area (TPSA) is 56.9 Å². The quantitative estimate of drug-likeness (QED) is 0.359. The van der Waals surface area contributed by atoms with E-state index in [-0.39, 0.29) is 33.9 Å². The molecule has 0 aromatic heterocycles. The van der Waals surface area contributed by atoms with E-state index >= 15 is 0 Å². The van der Waals surface area contributed by atoms with Crippen molar-refractivity contribution in [1.82, 2.24) is 5.32 Å². The van der Waals surface area contributed by atoms with Crippen LogP contribution < -0.4 is 27.2 Å². The Hall–Kier alpha value is 0.0600. The van der Waals surface area contributed by atoms with Crippen LogP contribution in [-0.2, 0) is 0 Å². The Labute approximate surface area is 261 Å². The van der Waals surface area contributed by atoms with Gasteiger partial charge in [0.15, 0.2) is 0 Å². The number of rotatable bonds is 4. The minimum Gasteiger partial charge on any atom is -1.00 e. The van der Waals surface area contributed by atoms with E-state index in [4.69, 9.17) is 6.58 Å². The van der Waals surface area contributed by atoms with Crippen LogP contribution in [0.4, 0.5) is 0 Å². The van der Waals surface area contributed by atoms with Crippen molar-refractivity contribution < 1.29 is 32.1 Å². The molecule has 5 saturated carbocycles. The fraction of sp³-hybridized carbons (Fsp3) is 0.944. The number of piperazine rings is 1. The lowest BCUT2D eigenvalue weighted by Crippen LogP contribution is -3.20. The summed E-state index contributed by atoms with van der Waals surface area (Å²) >= 11 is 0. The minimum atomic E-state index is -0.153. The van der Waals surface area contributed by atoms with E-state index in [0.29, 0.717) is 52.6 Å². The van der Waals surface area contributed by atoms with E-state index in [1.54, 1.807) is 4.90 Å². The van der Waals surface area contributed by atoms with Gasteiger partial charge in [-0.05, 0) is 133 Å². The third kappa shape index (κ3) is 4.16. The Morgan fingerprint density at radius 1 is 0.854 bits per heavy atom. The summed E-state index contributed by atoms with van der Waals surface area (Å²) in [5, 5.41) is 25.8. The number of aliphatic hydroxyl groups excluding tert-OH is 2. The second-order valence-corrected chi connectivity index (χ2v) is 17.8. The second kappa shape index (κ2) is 10.3. The molecule has 8 fully saturated rings. The van der Waals surface area contributed by atoms with Gasteiger partial charge in [0, 0.05) is 19.6 Å². The van der Waals surface area contributed by atoms with Crippen molar-refractivity contribution in [2.75, 3.05) is 26.2 Å². The highest BCUT2D eigenvalue weighted by molar-refractivity contribution is 5.22. The number of quaternary nitrogens is 1. The third-order valence-corrected chi connectivity index (χ3v) is 16.5. The van der Waals surface area contributed by atoms with Crippen LogP contribution in [0.2, 0.25) is 0 Å². The number of nitrogens with one attached hydrogen (secondary N) is 2. The average molecular weight is 634 g/mol. The maximum Gasteiger partial charge on any atom is 0.100 e. The SMILES string of the molecule is C=C(C[NH+]1CC2CCC1CN2)[C@@H]1CC[C@]2(CO)CC[C@]3(C)C(CCC4[C@@]5(C)CC[C@H](O)C(C)(C)C5CC[C@]43C)C12.[Br-]. The van der Waals surface area contributed by atoms with Crippen LogP contribution in [-0.4, -0.2) is 54.6 Å². The Kier molecular flexibility index (Phi) is 7.80. The molecule has 0 amide bonds.